The predicted molar refractivity (Wildman–Crippen MR) is 94.2 cm³/mol. The summed E-state index contributed by atoms with van der Waals surface area (Å²) in [5, 5.41) is 0. The molecule has 0 aromatic heterocycles. The Balaban J connectivity index is 2.12. The van der Waals surface area contributed by atoms with E-state index >= 15 is 0 Å². The van der Waals surface area contributed by atoms with Crippen LogP contribution in [0, 0.1) is 5.41 Å². The molecule has 6 nitrogen and oxygen atoms in total. The third-order valence-corrected chi connectivity index (χ3v) is 5.92. The molecule has 1 aliphatic rings. The lowest BCUT2D eigenvalue weighted by Crippen LogP contribution is -2.50. The Morgan fingerprint density at radius 1 is 1.00 bits per heavy atom. The summed E-state index contributed by atoms with van der Waals surface area (Å²) in [5.41, 5.74) is 0.213. The number of benzene rings is 1. The maximum atomic E-state index is 12.9. The van der Waals surface area contributed by atoms with Crippen LogP contribution >= 0.6 is 0 Å². The van der Waals surface area contributed by atoms with E-state index in [2.05, 4.69) is 25.7 Å². The Morgan fingerprint density at radius 3 is 2.08 bits per heavy atom. The highest BCUT2D eigenvalue weighted by molar-refractivity contribution is 7.89. The first-order chi connectivity index (χ1) is 11.2. The van der Waals surface area contributed by atoms with Gasteiger partial charge in [-0.15, -0.1) is 0 Å². The van der Waals surface area contributed by atoms with Crippen LogP contribution in [0.4, 0.5) is 0 Å². The van der Waals surface area contributed by atoms with Crippen molar-refractivity contribution in [3.63, 3.8) is 0 Å². The van der Waals surface area contributed by atoms with Crippen LogP contribution in [0.2, 0.25) is 0 Å². The first-order valence-electron chi connectivity index (χ1n) is 8.12. The minimum Gasteiger partial charge on any atom is -0.493 e. The number of methoxy groups -OCH3 is 2. The average molecular weight is 356 g/mol. The molecule has 2 rings (SSSR count). The fraction of sp³-hybridized carbons (Fsp3) is 0.647. The summed E-state index contributed by atoms with van der Waals surface area (Å²) in [4.78, 5) is 2.56. The van der Waals surface area contributed by atoms with Crippen molar-refractivity contribution in [2.45, 2.75) is 25.7 Å². The zero-order valence-corrected chi connectivity index (χ0v) is 16.0. The van der Waals surface area contributed by atoms with Gasteiger partial charge in [-0.1, -0.05) is 20.8 Å². The molecule has 1 saturated heterocycles. The predicted octanol–water partition coefficient (Wildman–Crippen LogP) is 2.06. The lowest BCUT2D eigenvalue weighted by atomic mass is 9.96. The molecule has 0 aliphatic carbocycles. The minimum absolute atomic E-state index is 0.213. The van der Waals surface area contributed by atoms with Crippen LogP contribution in [0.3, 0.4) is 0 Å². The van der Waals surface area contributed by atoms with Gasteiger partial charge in [-0.25, -0.2) is 8.42 Å². The summed E-state index contributed by atoms with van der Waals surface area (Å²) in [5.74, 6) is 0.941. The fourth-order valence-electron chi connectivity index (χ4n) is 2.92. The molecule has 0 radical (unpaired) electrons. The summed E-state index contributed by atoms with van der Waals surface area (Å²) in [6.45, 7) is 10.1. The molecule has 0 unspecified atom stereocenters. The van der Waals surface area contributed by atoms with E-state index in [0.29, 0.717) is 24.6 Å². The van der Waals surface area contributed by atoms with E-state index in [1.54, 1.807) is 16.4 Å². The third kappa shape index (κ3) is 4.40. The maximum Gasteiger partial charge on any atom is 0.243 e. The van der Waals surface area contributed by atoms with E-state index < -0.39 is 10.0 Å². The van der Waals surface area contributed by atoms with E-state index in [1.807, 2.05) is 0 Å². The maximum absolute atomic E-state index is 12.9. The van der Waals surface area contributed by atoms with Crippen molar-refractivity contribution in [1.82, 2.24) is 9.21 Å². The Hall–Kier alpha value is -1.31. The van der Waals surface area contributed by atoms with Gasteiger partial charge in [0.2, 0.25) is 10.0 Å². The summed E-state index contributed by atoms with van der Waals surface area (Å²) in [6.07, 6.45) is 0. The van der Waals surface area contributed by atoms with Crippen LogP contribution in [0.5, 0.6) is 11.5 Å². The topological polar surface area (TPSA) is 59.1 Å². The van der Waals surface area contributed by atoms with E-state index in [4.69, 9.17) is 9.47 Å². The van der Waals surface area contributed by atoms with Crippen LogP contribution in [0.25, 0.3) is 0 Å². The normalized spacial score (nSPS) is 17.7. The quantitative estimate of drug-likeness (QED) is 0.808. The molecule has 1 fully saturated rings. The van der Waals surface area contributed by atoms with Gasteiger partial charge in [-0.3, -0.25) is 0 Å². The van der Waals surface area contributed by atoms with Gasteiger partial charge in [0.15, 0.2) is 11.5 Å². The van der Waals surface area contributed by atoms with Gasteiger partial charge in [0.25, 0.3) is 0 Å². The van der Waals surface area contributed by atoms with Crippen molar-refractivity contribution in [3.05, 3.63) is 18.2 Å². The molecule has 0 spiro atoms. The van der Waals surface area contributed by atoms with E-state index in [0.717, 1.165) is 19.6 Å². The molecule has 0 N–H and O–H groups in total. The molecule has 136 valence electrons. The molecular formula is C17H28N2O4S. The molecule has 1 aromatic rings. The highest BCUT2D eigenvalue weighted by atomic mass is 32.2. The standard InChI is InChI=1S/C17H28N2O4S/c1-17(2,3)13-18-8-10-19(11-9-18)24(20,21)14-6-7-15(22-4)16(12-14)23-5/h6-7,12H,8-11,13H2,1-5H3. The number of piperazine rings is 1. The molecule has 1 aromatic carbocycles. The van der Waals surface area contributed by atoms with Crippen LogP contribution in [-0.4, -0.2) is 64.6 Å². The number of sulfonamides is 1. The zero-order chi connectivity index (χ0) is 18.0. The van der Waals surface area contributed by atoms with Gasteiger partial charge in [-0.05, 0) is 17.5 Å². The molecule has 7 heteroatoms. The van der Waals surface area contributed by atoms with E-state index in [1.165, 1.54) is 20.3 Å². The molecule has 1 aliphatic heterocycles. The van der Waals surface area contributed by atoms with E-state index in [9.17, 15) is 8.42 Å². The molecular weight excluding hydrogens is 328 g/mol. The van der Waals surface area contributed by atoms with Gasteiger partial charge in [0.1, 0.15) is 0 Å². The number of nitrogens with zero attached hydrogens (tertiary/aromatic N) is 2. The van der Waals surface area contributed by atoms with E-state index in [-0.39, 0.29) is 10.3 Å². The lowest BCUT2D eigenvalue weighted by Gasteiger charge is -2.37. The van der Waals surface area contributed by atoms with Gasteiger partial charge in [0.05, 0.1) is 19.1 Å². The van der Waals surface area contributed by atoms with Crippen molar-refractivity contribution in [2.24, 2.45) is 5.41 Å². The number of rotatable bonds is 5. The Labute approximate surface area is 145 Å². The first-order valence-corrected chi connectivity index (χ1v) is 9.56. The second kappa shape index (κ2) is 7.29. The third-order valence-electron chi connectivity index (χ3n) is 4.02. The highest BCUT2D eigenvalue weighted by Crippen LogP contribution is 2.31. The zero-order valence-electron chi connectivity index (χ0n) is 15.2. The Kier molecular flexibility index (Phi) is 5.78. The largest absolute Gasteiger partial charge is 0.493 e. The second-order valence-corrected chi connectivity index (χ2v) is 9.20. The molecule has 0 amide bonds. The van der Waals surface area contributed by atoms with Crippen molar-refractivity contribution >= 4 is 10.0 Å². The highest BCUT2D eigenvalue weighted by Gasteiger charge is 2.30. The smallest absolute Gasteiger partial charge is 0.243 e. The minimum atomic E-state index is -3.52. The summed E-state index contributed by atoms with van der Waals surface area (Å²) >= 11 is 0. The molecule has 0 bridgehead atoms. The monoisotopic (exact) mass is 356 g/mol. The SMILES string of the molecule is COc1ccc(S(=O)(=O)N2CCN(CC(C)(C)C)CC2)cc1OC. The van der Waals surface area contributed by atoms with Gasteiger partial charge >= 0.3 is 0 Å². The Morgan fingerprint density at radius 2 is 1.58 bits per heavy atom. The summed E-state index contributed by atoms with van der Waals surface area (Å²) < 4.78 is 37.6. The fourth-order valence-corrected chi connectivity index (χ4v) is 4.36. The lowest BCUT2D eigenvalue weighted by molar-refractivity contribution is 0.141. The van der Waals surface area contributed by atoms with Crippen molar-refractivity contribution in [2.75, 3.05) is 46.9 Å². The number of hydrogen-bond donors (Lipinski definition) is 0. The van der Waals surface area contributed by atoms with Gasteiger partial charge in [0, 0.05) is 38.8 Å². The molecule has 1 heterocycles. The van der Waals surface area contributed by atoms with Gasteiger partial charge < -0.3 is 14.4 Å². The number of ether oxygens (including phenoxy) is 2. The first kappa shape index (κ1) is 19.0. The number of hydrogen-bond acceptors (Lipinski definition) is 5. The molecule has 0 saturated carbocycles. The molecule has 24 heavy (non-hydrogen) atoms. The summed E-state index contributed by atoms with van der Waals surface area (Å²) in [7, 11) is -0.488. The van der Waals surface area contributed by atoms with Crippen molar-refractivity contribution in [1.29, 1.82) is 0 Å². The summed E-state index contributed by atoms with van der Waals surface area (Å²) in [6, 6.07) is 4.72. The van der Waals surface area contributed by atoms with Crippen LogP contribution in [0.15, 0.2) is 23.1 Å². The second-order valence-electron chi connectivity index (χ2n) is 7.26. The Bertz CT molecular complexity index is 660. The molecule has 0 atom stereocenters. The van der Waals surface area contributed by atoms with Gasteiger partial charge in [-0.2, -0.15) is 4.31 Å². The van der Waals surface area contributed by atoms with Crippen LogP contribution < -0.4 is 9.47 Å². The van der Waals surface area contributed by atoms with Crippen LogP contribution in [-0.2, 0) is 10.0 Å². The van der Waals surface area contributed by atoms with Crippen LogP contribution in [0.1, 0.15) is 20.8 Å². The average Bonchev–Trinajstić information content (AvgIpc) is 2.53. The van der Waals surface area contributed by atoms with Crippen molar-refractivity contribution in [3.8, 4) is 11.5 Å². The van der Waals surface area contributed by atoms with Crippen molar-refractivity contribution < 1.29 is 17.9 Å².